The van der Waals surface area contributed by atoms with E-state index in [2.05, 4.69) is 0 Å². The van der Waals surface area contributed by atoms with Gasteiger partial charge >= 0.3 is 11.9 Å². The molecule has 0 aromatic heterocycles. The summed E-state index contributed by atoms with van der Waals surface area (Å²) in [7, 11) is 0. The Kier molecular flexibility index (Phi) is 4.46. The van der Waals surface area contributed by atoms with E-state index >= 15 is 0 Å². The molecule has 2 rings (SSSR count). The third-order valence-electron chi connectivity index (χ3n) is 3.98. The summed E-state index contributed by atoms with van der Waals surface area (Å²) in [5, 5.41) is 0. The van der Waals surface area contributed by atoms with Crippen molar-refractivity contribution in [3.8, 4) is 0 Å². The maximum absolute atomic E-state index is 12.2. The molecular weight excluding hydrogens is 268 g/mol. The average molecular weight is 288 g/mol. The Morgan fingerprint density at radius 2 is 1.62 bits per heavy atom. The molecule has 1 heterocycles. The van der Waals surface area contributed by atoms with Crippen molar-refractivity contribution in [3.63, 3.8) is 0 Å². The van der Waals surface area contributed by atoms with E-state index in [1.807, 2.05) is 36.4 Å². The van der Waals surface area contributed by atoms with E-state index in [0.717, 1.165) is 5.56 Å². The summed E-state index contributed by atoms with van der Waals surface area (Å²) in [6, 6.07) is 9.61. The third kappa shape index (κ3) is 2.84. The first-order valence-electron chi connectivity index (χ1n) is 7.19. The van der Waals surface area contributed by atoms with Gasteiger partial charge in [0.05, 0.1) is 0 Å². The molecule has 1 saturated heterocycles. The number of carbonyl (C=O) groups excluding carboxylic acids is 2. The predicted molar refractivity (Wildman–Crippen MR) is 79.1 cm³/mol. The van der Waals surface area contributed by atoms with E-state index in [1.165, 1.54) is 0 Å². The summed E-state index contributed by atoms with van der Waals surface area (Å²) in [5.74, 6) is -0.982. The van der Waals surface area contributed by atoms with Gasteiger partial charge in [-0.3, -0.25) is 9.59 Å². The van der Waals surface area contributed by atoms with Crippen LogP contribution >= 0.6 is 0 Å². The quantitative estimate of drug-likeness (QED) is 0.630. The van der Waals surface area contributed by atoms with Crippen LogP contribution in [0.25, 0.3) is 6.08 Å². The van der Waals surface area contributed by atoms with Crippen molar-refractivity contribution >= 4 is 18.0 Å². The fourth-order valence-corrected chi connectivity index (χ4v) is 2.42. The van der Waals surface area contributed by atoms with Crippen molar-refractivity contribution in [2.75, 3.05) is 0 Å². The minimum atomic E-state index is -1.15. The van der Waals surface area contributed by atoms with Crippen molar-refractivity contribution in [2.45, 2.75) is 39.9 Å². The van der Waals surface area contributed by atoms with Crippen molar-refractivity contribution in [1.29, 1.82) is 0 Å². The van der Waals surface area contributed by atoms with Crippen molar-refractivity contribution in [3.05, 3.63) is 41.5 Å². The van der Waals surface area contributed by atoms with Crippen LogP contribution in [0.15, 0.2) is 35.9 Å². The zero-order valence-electron chi connectivity index (χ0n) is 12.6. The lowest BCUT2D eigenvalue weighted by Crippen LogP contribution is -2.49. The van der Waals surface area contributed by atoms with E-state index < -0.39 is 23.6 Å². The molecule has 1 fully saturated rings. The number of hydrogen-bond donors (Lipinski definition) is 0. The van der Waals surface area contributed by atoms with Gasteiger partial charge < -0.3 is 9.47 Å². The molecule has 1 aromatic carbocycles. The first-order valence-corrected chi connectivity index (χ1v) is 7.19. The number of ether oxygens (including phenoxy) is 2. The Labute approximate surface area is 124 Å². The summed E-state index contributed by atoms with van der Waals surface area (Å²) in [6.45, 7) is 5.36. The number of cyclic esters (lactones) is 2. The standard InChI is InChI=1S/C17H20O4/c1-4-17(5-2)15(18)20-14(21-16(17)19)12(3)11-13-9-7-6-8-10-13/h6-11,14H,4-5H2,1-3H3. The van der Waals surface area contributed by atoms with E-state index in [9.17, 15) is 9.59 Å². The molecule has 0 atom stereocenters. The van der Waals surface area contributed by atoms with Crippen LogP contribution < -0.4 is 0 Å². The number of rotatable bonds is 4. The molecule has 0 bridgehead atoms. The Hall–Kier alpha value is -2.10. The van der Waals surface area contributed by atoms with Crippen LogP contribution in [0.3, 0.4) is 0 Å². The molecule has 1 aliphatic heterocycles. The van der Waals surface area contributed by atoms with Crippen molar-refractivity contribution in [2.24, 2.45) is 5.41 Å². The molecule has 1 aromatic rings. The molecular formula is C17H20O4. The molecule has 0 amide bonds. The normalized spacial score (nSPS) is 19.1. The Bertz CT molecular complexity index is 535. The molecule has 0 N–H and O–H groups in total. The van der Waals surface area contributed by atoms with E-state index in [0.29, 0.717) is 18.4 Å². The molecule has 4 nitrogen and oxygen atoms in total. The van der Waals surface area contributed by atoms with Crippen LogP contribution in [-0.2, 0) is 19.1 Å². The number of benzene rings is 1. The van der Waals surface area contributed by atoms with Gasteiger partial charge in [-0.1, -0.05) is 44.2 Å². The van der Waals surface area contributed by atoms with Gasteiger partial charge in [0, 0.05) is 5.57 Å². The predicted octanol–water partition coefficient (Wildman–Crippen LogP) is 3.32. The number of carbonyl (C=O) groups is 2. The SMILES string of the molecule is CCC1(CC)C(=O)OC(C(C)=Cc2ccccc2)OC1=O. The Morgan fingerprint density at radius 1 is 1.10 bits per heavy atom. The van der Waals surface area contributed by atoms with Gasteiger partial charge in [0.15, 0.2) is 5.41 Å². The first kappa shape index (κ1) is 15.3. The molecule has 0 unspecified atom stereocenters. The molecule has 0 spiro atoms. The second-order valence-electron chi connectivity index (χ2n) is 5.23. The van der Waals surface area contributed by atoms with Crippen LogP contribution in [0.2, 0.25) is 0 Å². The highest BCUT2D eigenvalue weighted by Crippen LogP contribution is 2.36. The minimum absolute atomic E-state index is 0.384. The van der Waals surface area contributed by atoms with Crippen LogP contribution in [-0.4, -0.2) is 18.2 Å². The largest absolute Gasteiger partial charge is 0.420 e. The summed E-state index contributed by atoms with van der Waals surface area (Å²) in [5.41, 5.74) is 0.498. The zero-order chi connectivity index (χ0) is 15.5. The molecule has 0 saturated carbocycles. The molecule has 1 aliphatic rings. The van der Waals surface area contributed by atoms with Gasteiger partial charge in [0.25, 0.3) is 6.29 Å². The average Bonchev–Trinajstić information content (AvgIpc) is 2.49. The van der Waals surface area contributed by atoms with Gasteiger partial charge in [0.1, 0.15) is 0 Å². The lowest BCUT2D eigenvalue weighted by atomic mass is 9.82. The summed E-state index contributed by atoms with van der Waals surface area (Å²) in [4.78, 5) is 24.4. The van der Waals surface area contributed by atoms with Crippen molar-refractivity contribution < 1.29 is 19.1 Å². The molecule has 21 heavy (non-hydrogen) atoms. The Morgan fingerprint density at radius 3 is 2.10 bits per heavy atom. The lowest BCUT2D eigenvalue weighted by molar-refractivity contribution is -0.217. The molecule has 112 valence electrons. The molecule has 0 radical (unpaired) electrons. The fraction of sp³-hybridized carbons (Fsp3) is 0.412. The van der Waals surface area contributed by atoms with Crippen LogP contribution in [0.1, 0.15) is 39.2 Å². The van der Waals surface area contributed by atoms with Gasteiger partial charge in [-0.15, -0.1) is 0 Å². The van der Waals surface area contributed by atoms with E-state index in [-0.39, 0.29) is 0 Å². The minimum Gasteiger partial charge on any atom is -0.420 e. The van der Waals surface area contributed by atoms with Crippen LogP contribution in [0.4, 0.5) is 0 Å². The third-order valence-corrected chi connectivity index (χ3v) is 3.98. The molecule has 0 aliphatic carbocycles. The number of esters is 2. The Balaban J connectivity index is 2.20. The maximum Gasteiger partial charge on any atom is 0.326 e. The van der Waals surface area contributed by atoms with Gasteiger partial charge in [0.2, 0.25) is 0 Å². The van der Waals surface area contributed by atoms with Crippen molar-refractivity contribution in [1.82, 2.24) is 0 Å². The lowest BCUT2D eigenvalue weighted by Gasteiger charge is -2.35. The highest BCUT2D eigenvalue weighted by molar-refractivity contribution is 6.01. The van der Waals surface area contributed by atoms with Gasteiger partial charge in [-0.05, 0) is 31.4 Å². The number of hydrogen-bond acceptors (Lipinski definition) is 4. The zero-order valence-corrected chi connectivity index (χ0v) is 12.6. The van der Waals surface area contributed by atoms with Crippen LogP contribution in [0.5, 0.6) is 0 Å². The maximum atomic E-state index is 12.2. The summed E-state index contributed by atoms with van der Waals surface area (Å²) in [6.07, 6.45) is 1.68. The topological polar surface area (TPSA) is 52.6 Å². The highest BCUT2D eigenvalue weighted by Gasteiger charge is 2.51. The first-order chi connectivity index (χ1) is 10.0. The monoisotopic (exact) mass is 288 g/mol. The van der Waals surface area contributed by atoms with Gasteiger partial charge in [-0.25, -0.2) is 0 Å². The molecule has 4 heteroatoms. The van der Waals surface area contributed by atoms with E-state index in [1.54, 1.807) is 20.8 Å². The van der Waals surface area contributed by atoms with Crippen LogP contribution in [0, 0.1) is 5.41 Å². The highest BCUT2D eigenvalue weighted by atomic mass is 16.7. The second kappa shape index (κ2) is 6.12. The summed E-state index contributed by atoms with van der Waals surface area (Å²) < 4.78 is 10.7. The smallest absolute Gasteiger partial charge is 0.326 e. The van der Waals surface area contributed by atoms with E-state index in [4.69, 9.17) is 9.47 Å². The summed E-state index contributed by atoms with van der Waals surface area (Å²) >= 11 is 0. The second-order valence-corrected chi connectivity index (χ2v) is 5.23. The van der Waals surface area contributed by atoms with Gasteiger partial charge in [-0.2, -0.15) is 0 Å². The fourth-order valence-electron chi connectivity index (χ4n) is 2.42.